The Morgan fingerprint density at radius 2 is 1.56 bits per heavy atom. The quantitative estimate of drug-likeness (QED) is 0.728. The van der Waals surface area contributed by atoms with Crippen LogP contribution < -0.4 is 15.8 Å². The molecule has 2 heterocycles. The van der Waals surface area contributed by atoms with E-state index in [0.29, 0.717) is 5.92 Å². The van der Waals surface area contributed by atoms with Crippen molar-refractivity contribution in [2.24, 2.45) is 5.92 Å². The van der Waals surface area contributed by atoms with Gasteiger partial charge in [-0.25, -0.2) is 15.2 Å². The number of nitrogens with one attached hydrogen (secondary N) is 2. The normalized spacial score (nSPS) is 23.7. The van der Waals surface area contributed by atoms with Gasteiger partial charge in [-0.1, -0.05) is 60.7 Å². The monoisotopic (exact) mass is 359 g/mol. The molecule has 1 saturated heterocycles. The highest BCUT2D eigenvalue weighted by Crippen LogP contribution is 2.45. The van der Waals surface area contributed by atoms with Crippen LogP contribution in [0.5, 0.6) is 0 Å². The van der Waals surface area contributed by atoms with Gasteiger partial charge >= 0.3 is 0 Å². The first-order chi connectivity index (χ1) is 13.3. The number of hydrogen-bond donors (Lipinski definition) is 2. The largest absolute Gasteiger partial charge is 0.367 e. The van der Waals surface area contributed by atoms with E-state index in [0.717, 1.165) is 24.3 Å². The van der Waals surface area contributed by atoms with Gasteiger partial charge in [-0.05, 0) is 34.9 Å². The molecule has 3 unspecified atom stereocenters. The molecule has 27 heavy (non-hydrogen) atoms. The molecule has 0 saturated carbocycles. The fourth-order valence-corrected chi connectivity index (χ4v) is 4.47. The summed E-state index contributed by atoms with van der Waals surface area (Å²) in [6, 6.07) is 26.4. The molecule has 3 aromatic carbocycles. The van der Waals surface area contributed by atoms with Crippen LogP contribution in [0.15, 0.2) is 78.9 Å². The molecule has 5 rings (SSSR count). The molecular formula is C23H22FN3. The van der Waals surface area contributed by atoms with Crippen molar-refractivity contribution in [2.45, 2.75) is 18.6 Å². The summed E-state index contributed by atoms with van der Waals surface area (Å²) in [5.74, 6) is 0.143. The Balaban J connectivity index is 1.53. The average molecular weight is 359 g/mol. The van der Waals surface area contributed by atoms with Crippen molar-refractivity contribution in [2.75, 3.05) is 11.4 Å². The number of hydrogen-bond acceptors (Lipinski definition) is 3. The van der Waals surface area contributed by atoms with E-state index in [1.54, 1.807) is 12.1 Å². The standard InChI is InChI=1S/C23H22FN3/c24-18-11-12-21-19(13-18)23-20(15-27(21)14-16-7-3-1-4-8-16)22(25-26-23)17-9-5-2-6-10-17/h1-13,20,22-23,25-26H,14-15H2. The molecule has 0 amide bonds. The van der Waals surface area contributed by atoms with Crippen LogP contribution in [0.2, 0.25) is 0 Å². The Bertz CT molecular complexity index is 929. The molecule has 2 aliphatic heterocycles. The van der Waals surface area contributed by atoms with Crippen LogP contribution in [0.4, 0.5) is 10.1 Å². The third-order valence-electron chi connectivity index (χ3n) is 5.72. The van der Waals surface area contributed by atoms with E-state index in [9.17, 15) is 4.39 Å². The lowest BCUT2D eigenvalue weighted by Gasteiger charge is -2.39. The molecule has 0 bridgehead atoms. The van der Waals surface area contributed by atoms with Crippen LogP contribution in [0, 0.1) is 11.7 Å². The molecule has 0 spiro atoms. The average Bonchev–Trinajstić information content (AvgIpc) is 3.13. The van der Waals surface area contributed by atoms with Gasteiger partial charge in [-0.2, -0.15) is 0 Å². The van der Waals surface area contributed by atoms with E-state index in [4.69, 9.17) is 0 Å². The molecule has 136 valence electrons. The minimum atomic E-state index is -0.181. The summed E-state index contributed by atoms with van der Waals surface area (Å²) in [6.07, 6.45) is 0. The predicted molar refractivity (Wildman–Crippen MR) is 106 cm³/mol. The van der Waals surface area contributed by atoms with Crippen molar-refractivity contribution in [3.63, 3.8) is 0 Å². The van der Waals surface area contributed by atoms with Gasteiger partial charge < -0.3 is 4.90 Å². The third kappa shape index (κ3) is 3.01. The summed E-state index contributed by atoms with van der Waals surface area (Å²) in [4.78, 5) is 2.38. The molecule has 3 aromatic rings. The van der Waals surface area contributed by atoms with E-state index in [1.807, 2.05) is 18.2 Å². The van der Waals surface area contributed by atoms with Crippen molar-refractivity contribution in [3.8, 4) is 0 Å². The van der Waals surface area contributed by atoms with Gasteiger partial charge in [0.1, 0.15) is 5.82 Å². The summed E-state index contributed by atoms with van der Waals surface area (Å²) in [7, 11) is 0. The molecule has 3 nitrogen and oxygen atoms in total. The van der Waals surface area contributed by atoms with Gasteiger partial charge in [0.15, 0.2) is 0 Å². The van der Waals surface area contributed by atoms with Gasteiger partial charge in [-0.3, -0.25) is 0 Å². The first-order valence-corrected chi connectivity index (χ1v) is 9.44. The molecule has 0 aromatic heterocycles. The van der Waals surface area contributed by atoms with Crippen molar-refractivity contribution in [1.29, 1.82) is 0 Å². The van der Waals surface area contributed by atoms with Gasteiger partial charge in [0.25, 0.3) is 0 Å². The van der Waals surface area contributed by atoms with E-state index in [-0.39, 0.29) is 17.9 Å². The number of nitrogens with zero attached hydrogens (tertiary/aromatic N) is 1. The zero-order valence-corrected chi connectivity index (χ0v) is 15.0. The molecule has 0 radical (unpaired) electrons. The smallest absolute Gasteiger partial charge is 0.123 e. The van der Waals surface area contributed by atoms with Crippen LogP contribution >= 0.6 is 0 Å². The van der Waals surface area contributed by atoms with Crippen molar-refractivity contribution in [3.05, 3.63) is 101 Å². The van der Waals surface area contributed by atoms with Crippen LogP contribution in [-0.4, -0.2) is 6.54 Å². The fourth-order valence-electron chi connectivity index (χ4n) is 4.47. The van der Waals surface area contributed by atoms with Crippen LogP contribution in [0.25, 0.3) is 0 Å². The highest BCUT2D eigenvalue weighted by molar-refractivity contribution is 5.58. The molecule has 3 atom stereocenters. The van der Waals surface area contributed by atoms with Crippen LogP contribution in [0.1, 0.15) is 28.8 Å². The Kier molecular flexibility index (Phi) is 4.15. The van der Waals surface area contributed by atoms with Gasteiger partial charge in [0.2, 0.25) is 0 Å². The second-order valence-corrected chi connectivity index (χ2v) is 7.39. The number of fused-ring (bicyclic) bond motifs is 3. The highest BCUT2D eigenvalue weighted by atomic mass is 19.1. The van der Waals surface area contributed by atoms with Gasteiger partial charge in [-0.15, -0.1) is 0 Å². The predicted octanol–water partition coefficient (Wildman–Crippen LogP) is 4.35. The Morgan fingerprint density at radius 1 is 0.852 bits per heavy atom. The Hall–Kier alpha value is -2.69. The van der Waals surface area contributed by atoms with Crippen molar-refractivity contribution in [1.82, 2.24) is 10.9 Å². The minimum Gasteiger partial charge on any atom is -0.367 e. The number of anilines is 1. The summed E-state index contributed by atoms with van der Waals surface area (Å²) in [5.41, 5.74) is 11.6. The lowest BCUT2D eigenvalue weighted by atomic mass is 9.82. The Labute approximate surface area is 158 Å². The second kappa shape index (κ2) is 6.80. The number of halogens is 1. The lowest BCUT2D eigenvalue weighted by Crippen LogP contribution is -2.39. The maximum atomic E-state index is 14.1. The molecule has 4 heteroatoms. The van der Waals surface area contributed by atoms with E-state index in [2.05, 4.69) is 64.3 Å². The van der Waals surface area contributed by atoms with Crippen molar-refractivity contribution >= 4 is 5.69 Å². The molecule has 2 N–H and O–H groups in total. The van der Waals surface area contributed by atoms with Crippen LogP contribution in [0.3, 0.4) is 0 Å². The number of rotatable bonds is 3. The fraction of sp³-hybridized carbons (Fsp3) is 0.217. The first-order valence-electron chi connectivity index (χ1n) is 9.44. The van der Waals surface area contributed by atoms with E-state index in [1.165, 1.54) is 11.1 Å². The lowest BCUT2D eigenvalue weighted by molar-refractivity contribution is 0.400. The molecule has 2 aliphatic rings. The number of benzene rings is 3. The first kappa shape index (κ1) is 16.5. The topological polar surface area (TPSA) is 27.3 Å². The van der Waals surface area contributed by atoms with Crippen molar-refractivity contribution < 1.29 is 4.39 Å². The zero-order valence-electron chi connectivity index (χ0n) is 15.0. The number of hydrazine groups is 1. The molecular weight excluding hydrogens is 337 g/mol. The van der Waals surface area contributed by atoms with Gasteiger partial charge in [0.05, 0.1) is 12.1 Å². The zero-order chi connectivity index (χ0) is 18.2. The van der Waals surface area contributed by atoms with E-state index >= 15 is 0 Å². The van der Waals surface area contributed by atoms with Gasteiger partial charge in [0, 0.05) is 24.7 Å². The summed E-state index contributed by atoms with van der Waals surface area (Å²) in [6.45, 7) is 1.74. The highest BCUT2D eigenvalue weighted by Gasteiger charge is 2.43. The summed E-state index contributed by atoms with van der Waals surface area (Å²) < 4.78 is 14.1. The van der Waals surface area contributed by atoms with E-state index < -0.39 is 0 Å². The summed E-state index contributed by atoms with van der Waals surface area (Å²) in [5, 5.41) is 0. The molecule has 1 fully saturated rings. The Morgan fingerprint density at radius 3 is 2.33 bits per heavy atom. The maximum Gasteiger partial charge on any atom is 0.123 e. The second-order valence-electron chi connectivity index (χ2n) is 7.39. The maximum absolute atomic E-state index is 14.1. The molecule has 0 aliphatic carbocycles. The summed E-state index contributed by atoms with van der Waals surface area (Å²) >= 11 is 0. The van der Waals surface area contributed by atoms with Crippen LogP contribution in [-0.2, 0) is 6.54 Å². The SMILES string of the molecule is Fc1ccc2c(c1)C1NNC(c3ccccc3)C1CN2Cc1ccccc1. The third-order valence-corrected chi connectivity index (χ3v) is 5.72. The minimum absolute atomic E-state index is 0.105.